The summed E-state index contributed by atoms with van der Waals surface area (Å²) in [7, 11) is 0. The van der Waals surface area contributed by atoms with Gasteiger partial charge < -0.3 is 5.73 Å². The van der Waals surface area contributed by atoms with E-state index in [1.54, 1.807) is 22.6 Å². The fourth-order valence-corrected chi connectivity index (χ4v) is 2.53. The van der Waals surface area contributed by atoms with Crippen LogP contribution in [-0.4, -0.2) is 9.55 Å². The molecule has 0 aliphatic rings. The van der Waals surface area contributed by atoms with E-state index in [1.165, 1.54) is 6.07 Å². The third-order valence-electron chi connectivity index (χ3n) is 2.93. The first kappa shape index (κ1) is 14.1. The molecule has 8 heteroatoms. The molecule has 2 N–H and O–H groups in total. The second-order valence-corrected chi connectivity index (χ2v) is 5.44. The first-order valence-corrected chi connectivity index (χ1v) is 6.74. The lowest BCUT2D eigenvalue weighted by atomic mass is 10.2. The summed E-state index contributed by atoms with van der Waals surface area (Å²) in [6, 6.07) is 3.51. The van der Waals surface area contributed by atoms with Crippen LogP contribution in [0.1, 0.15) is 0 Å². The lowest BCUT2D eigenvalue weighted by molar-refractivity contribution is 0.535. The summed E-state index contributed by atoms with van der Waals surface area (Å²) in [5.41, 5.74) is 5.43. The van der Waals surface area contributed by atoms with Gasteiger partial charge in [-0.15, -0.1) is 0 Å². The van der Waals surface area contributed by atoms with E-state index in [-0.39, 0.29) is 17.0 Å². The number of imidazole rings is 1. The molecule has 0 amide bonds. The molecule has 0 fully saturated rings. The van der Waals surface area contributed by atoms with E-state index in [0.29, 0.717) is 15.7 Å². The van der Waals surface area contributed by atoms with Gasteiger partial charge in [-0.05, 0) is 28.7 Å². The average Bonchev–Trinajstić information content (AvgIpc) is 2.66. The number of fused-ring (bicyclic) bond motifs is 1. The summed E-state index contributed by atoms with van der Waals surface area (Å²) in [6.45, 7) is 0. The van der Waals surface area contributed by atoms with Crippen molar-refractivity contribution >= 4 is 39.6 Å². The van der Waals surface area contributed by atoms with E-state index in [2.05, 4.69) is 4.98 Å². The van der Waals surface area contributed by atoms with E-state index >= 15 is 0 Å². The smallest absolute Gasteiger partial charge is 0.206 e. The lowest BCUT2D eigenvalue weighted by Gasteiger charge is -2.09. The number of anilines is 1. The maximum Gasteiger partial charge on any atom is 0.206 e. The normalized spacial score (nSPS) is 11.3. The molecule has 0 atom stereocenters. The second kappa shape index (κ2) is 4.86. The van der Waals surface area contributed by atoms with Gasteiger partial charge in [-0.2, -0.15) is 0 Å². The molecule has 3 aromatic rings. The number of nitrogen functional groups attached to an aromatic ring is 1. The zero-order valence-corrected chi connectivity index (χ0v) is 12.3. The highest BCUT2D eigenvalue weighted by molar-refractivity contribution is 14.1. The van der Waals surface area contributed by atoms with Crippen LogP contribution >= 0.6 is 22.6 Å². The molecule has 0 unspecified atom stereocenters. The summed E-state index contributed by atoms with van der Waals surface area (Å²) in [5.74, 6) is -4.17. The van der Waals surface area contributed by atoms with Crippen molar-refractivity contribution in [2.75, 3.05) is 5.73 Å². The minimum absolute atomic E-state index is 0.0924. The molecule has 0 saturated heterocycles. The number of benzene rings is 2. The number of aromatic nitrogens is 2. The largest absolute Gasteiger partial charge is 0.369 e. The minimum Gasteiger partial charge on any atom is -0.369 e. The Morgan fingerprint density at radius 2 is 1.57 bits per heavy atom. The van der Waals surface area contributed by atoms with Gasteiger partial charge in [0.2, 0.25) is 5.95 Å². The molecule has 0 spiro atoms. The minimum atomic E-state index is -1.16. The topological polar surface area (TPSA) is 43.8 Å². The molecule has 0 bridgehead atoms. The number of nitrogens with zero attached hydrogens (tertiary/aromatic N) is 2. The summed E-state index contributed by atoms with van der Waals surface area (Å²) < 4.78 is 55.6. The van der Waals surface area contributed by atoms with Gasteiger partial charge in [0.05, 0.1) is 14.6 Å². The number of halogens is 5. The van der Waals surface area contributed by atoms with Crippen LogP contribution in [0.25, 0.3) is 16.7 Å². The lowest BCUT2D eigenvalue weighted by Crippen LogP contribution is -2.06. The van der Waals surface area contributed by atoms with Crippen LogP contribution in [0.15, 0.2) is 24.3 Å². The van der Waals surface area contributed by atoms with E-state index in [4.69, 9.17) is 5.73 Å². The highest BCUT2D eigenvalue weighted by Gasteiger charge is 2.20. The molecule has 0 aliphatic heterocycles. The van der Waals surface area contributed by atoms with Crippen molar-refractivity contribution in [1.29, 1.82) is 0 Å². The molecule has 0 saturated carbocycles. The Kier molecular flexibility index (Phi) is 3.27. The third-order valence-corrected chi connectivity index (χ3v) is 3.75. The Hall–Kier alpha value is -1.84. The molecule has 1 aromatic heterocycles. The molecule has 2 aromatic carbocycles. The van der Waals surface area contributed by atoms with Crippen LogP contribution in [0.3, 0.4) is 0 Å². The summed E-state index contributed by atoms with van der Waals surface area (Å²) in [4.78, 5) is 3.94. The Labute approximate surface area is 129 Å². The zero-order chi connectivity index (χ0) is 15.3. The van der Waals surface area contributed by atoms with Crippen molar-refractivity contribution < 1.29 is 17.6 Å². The Balaban J connectivity index is 2.41. The number of hydrogen-bond acceptors (Lipinski definition) is 2. The van der Waals surface area contributed by atoms with Crippen LogP contribution < -0.4 is 5.73 Å². The Bertz CT molecular complexity index is 852. The summed E-state index contributed by atoms with van der Waals surface area (Å²) in [6.07, 6.45) is 0. The molecular formula is C13H6F4IN3. The van der Waals surface area contributed by atoms with E-state index < -0.39 is 29.0 Å². The monoisotopic (exact) mass is 407 g/mol. The number of nitrogens with two attached hydrogens (primary N) is 1. The average molecular weight is 407 g/mol. The molecule has 0 radical (unpaired) electrons. The quantitative estimate of drug-likeness (QED) is 0.493. The molecule has 1 heterocycles. The molecule has 0 aliphatic carbocycles. The van der Waals surface area contributed by atoms with Gasteiger partial charge in [-0.1, -0.05) is 0 Å². The molecule has 108 valence electrons. The van der Waals surface area contributed by atoms with Gasteiger partial charge >= 0.3 is 0 Å². The zero-order valence-electron chi connectivity index (χ0n) is 10.2. The first-order valence-electron chi connectivity index (χ1n) is 5.66. The standard InChI is InChI=1S/C13H6F4IN3/c14-5-1-7(16)12(8(17)2-5)21-11-3-6(15)9(18)4-10(11)20-13(21)19/h1-4H,(H2,19,20). The maximum absolute atomic E-state index is 13.9. The van der Waals surface area contributed by atoms with Gasteiger partial charge in [0.15, 0.2) is 11.6 Å². The fourth-order valence-electron chi connectivity index (χ4n) is 2.07. The van der Waals surface area contributed by atoms with Crippen molar-refractivity contribution in [3.63, 3.8) is 0 Å². The highest BCUT2D eigenvalue weighted by Crippen LogP contribution is 2.29. The number of hydrogen-bond donors (Lipinski definition) is 1. The van der Waals surface area contributed by atoms with Gasteiger partial charge in [0, 0.05) is 18.2 Å². The fraction of sp³-hybridized carbons (Fsp3) is 0. The van der Waals surface area contributed by atoms with Crippen molar-refractivity contribution in [2.45, 2.75) is 0 Å². The SMILES string of the molecule is Nc1nc2cc(I)c(F)cc2n1-c1c(F)cc(F)cc1F. The maximum atomic E-state index is 13.9. The summed E-state index contributed by atoms with van der Waals surface area (Å²) >= 11 is 1.76. The van der Waals surface area contributed by atoms with Crippen molar-refractivity contribution in [1.82, 2.24) is 9.55 Å². The molecule has 3 nitrogen and oxygen atoms in total. The van der Waals surface area contributed by atoms with Crippen molar-refractivity contribution in [3.8, 4) is 5.69 Å². The predicted molar refractivity (Wildman–Crippen MR) is 78.0 cm³/mol. The van der Waals surface area contributed by atoms with Gasteiger partial charge in [-0.3, -0.25) is 4.57 Å². The molecule has 21 heavy (non-hydrogen) atoms. The third kappa shape index (κ3) is 2.23. The van der Waals surface area contributed by atoms with Crippen LogP contribution in [0.5, 0.6) is 0 Å². The predicted octanol–water partition coefficient (Wildman–Crippen LogP) is 3.77. The van der Waals surface area contributed by atoms with Gasteiger partial charge in [0.25, 0.3) is 0 Å². The van der Waals surface area contributed by atoms with Crippen LogP contribution in [-0.2, 0) is 0 Å². The van der Waals surface area contributed by atoms with E-state index in [1.807, 2.05) is 0 Å². The van der Waals surface area contributed by atoms with E-state index in [0.717, 1.165) is 10.6 Å². The first-order chi connectivity index (χ1) is 9.88. The Morgan fingerprint density at radius 1 is 0.952 bits per heavy atom. The van der Waals surface area contributed by atoms with E-state index in [9.17, 15) is 17.6 Å². The highest BCUT2D eigenvalue weighted by atomic mass is 127. The van der Waals surface area contributed by atoms with Crippen LogP contribution in [0, 0.1) is 26.8 Å². The number of rotatable bonds is 1. The van der Waals surface area contributed by atoms with Crippen molar-refractivity contribution in [2.24, 2.45) is 0 Å². The molecule has 3 rings (SSSR count). The van der Waals surface area contributed by atoms with Crippen LogP contribution in [0.2, 0.25) is 0 Å². The van der Waals surface area contributed by atoms with Crippen LogP contribution in [0.4, 0.5) is 23.5 Å². The second-order valence-electron chi connectivity index (χ2n) is 4.28. The van der Waals surface area contributed by atoms with Gasteiger partial charge in [0.1, 0.15) is 17.3 Å². The van der Waals surface area contributed by atoms with Crippen molar-refractivity contribution in [3.05, 3.63) is 51.1 Å². The Morgan fingerprint density at radius 3 is 2.19 bits per heavy atom. The summed E-state index contributed by atoms with van der Waals surface area (Å²) in [5, 5.41) is 0. The molecular weight excluding hydrogens is 401 g/mol. The van der Waals surface area contributed by atoms with Gasteiger partial charge in [-0.25, -0.2) is 22.5 Å².